The molecule has 0 saturated carbocycles. The Morgan fingerprint density at radius 1 is 1.30 bits per heavy atom. The van der Waals surface area contributed by atoms with Crippen molar-refractivity contribution in [2.75, 3.05) is 13.2 Å². The molecule has 1 aliphatic heterocycles. The summed E-state index contributed by atoms with van der Waals surface area (Å²) in [4.78, 5) is 37.4. The second-order valence-electron chi connectivity index (χ2n) is 6.17. The number of ketones is 1. The van der Waals surface area contributed by atoms with Gasteiger partial charge in [0.1, 0.15) is 18.7 Å². The Morgan fingerprint density at radius 2 is 1.89 bits per heavy atom. The first-order valence-electron chi connectivity index (χ1n) is 8.44. The quantitative estimate of drug-likeness (QED) is 0.477. The van der Waals surface area contributed by atoms with Gasteiger partial charge in [0.2, 0.25) is 0 Å². The number of hydrogen-bond acceptors (Lipinski definition) is 5. The molecule has 0 spiro atoms. The molecule has 1 saturated heterocycles. The molecule has 0 aliphatic carbocycles. The predicted molar refractivity (Wildman–Crippen MR) is 105 cm³/mol. The highest BCUT2D eigenvalue weighted by Crippen LogP contribution is 2.19. The molecular formula is C19H25BrN2O5. The lowest BCUT2D eigenvalue weighted by molar-refractivity contribution is -0.138. The van der Waals surface area contributed by atoms with Crippen molar-refractivity contribution in [3.63, 3.8) is 0 Å². The summed E-state index contributed by atoms with van der Waals surface area (Å²) in [6.07, 6.45) is 0. The monoisotopic (exact) mass is 440 g/mol. The summed E-state index contributed by atoms with van der Waals surface area (Å²) in [6, 6.07) is 5.10. The van der Waals surface area contributed by atoms with Crippen molar-refractivity contribution in [3.8, 4) is 0 Å². The number of aliphatic hydroxyl groups is 1. The second kappa shape index (κ2) is 11.0. The number of Topliss-reactive ketones (excluding diaryl/α,β-unsaturated/α-hetero) is 1. The van der Waals surface area contributed by atoms with Crippen molar-refractivity contribution in [3.05, 3.63) is 47.5 Å². The van der Waals surface area contributed by atoms with Crippen LogP contribution < -0.4 is 5.32 Å². The van der Waals surface area contributed by atoms with Crippen molar-refractivity contribution in [2.24, 2.45) is 5.92 Å². The predicted octanol–water partition coefficient (Wildman–Crippen LogP) is 2.27. The highest BCUT2D eigenvalue weighted by Gasteiger charge is 2.45. The molecule has 1 aromatic rings. The molecule has 0 aromatic heterocycles. The topological polar surface area (TPSA) is 95.9 Å². The number of imide groups is 1. The lowest BCUT2D eigenvalue weighted by atomic mass is 9.98. The van der Waals surface area contributed by atoms with Crippen molar-refractivity contribution < 1.29 is 24.2 Å². The van der Waals surface area contributed by atoms with Gasteiger partial charge in [0.05, 0.1) is 13.2 Å². The molecule has 1 fully saturated rings. The van der Waals surface area contributed by atoms with Gasteiger partial charge in [-0.05, 0) is 23.6 Å². The van der Waals surface area contributed by atoms with Crippen LogP contribution in [0.2, 0.25) is 0 Å². The molecule has 2 atom stereocenters. The Balaban J connectivity index is 0.00000176. The zero-order valence-corrected chi connectivity index (χ0v) is 17.1. The summed E-state index contributed by atoms with van der Waals surface area (Å²) < 4.78 is 6.48. The number of nitrogens with zero attached hydrogens (tertiary/aromatic N) is 1. The molecule has 0 bridgehead atoms. The number of hydrogen-bond donors (Lipinski definition) is 2. The van der Waals surface area contributed by atoms with Crippen LogP contribution in [0, 0.1) is 5.92 Å². The van der Waals surface area contributed by atoms with Crippen molar-refractivity contribution in [1.29, 1.82) is 0 Å². The van der Waals surface area contributed by atoms with Gasteiger partial charge in [-0.1, -0.05) is 41.9 Å². The van der Waals surface area contributed by atoms with Gasteiger partial charge in [0.25, 0.3) is 5.91 Å². The fourth-order valence-corrected chi connectivity index (χ4v) is 2.97. The van der Waals surface area contributed by atoms with Gasteiger partial charge in [-0.25, -0.2) is 4.79 Å². The van der Waals surface area contributed by atoms with Crippen molar-refractivity contribution in [2.45, 2.75) is 32.5 Å². The van der Waals surface area contributed by atoms with Gasteiger partial charge in [-0.2, -0.15) is 0 Å². The fraction of sp³-hybridized carbons (Fsp3) is 0.421. The van der Waals surface area contributed by atoms with E-state index in [4.69, 9.17) is 9.84 Å². The average Bonchev–Trinajstić information content (AvgIpc) is 2.92. The standard InChI is InChI=1S/C17H21BrN2O5.C2H4/c1-10(2)15(14(22)7-21)20-16(23)13(19-17(20)24)9-25-8-11-3-5-12(18)6-4-11;1-2/h3-6,10,13,15,21H,7-9H2,1-2H3,(H,19,24);1-2H2/t13-,15+;/m0./s1. The molecule has 1 aliphatic rings. The minimum absolute atomic E-state index is 0.00919. The SMILES string of the molecule is C=C.CC(C)[C@H](C(=O)CO)N1C(=O)N[C@@H](COCc2ccc(Br)cc2)C1=O. The summed E-state index contributed by atoms with van der Waals surface area (Å²) in [7, 11) is 0. The minimum atomic E-state index is -0.978. The second-order valence-corrected chi connectivity index (χ2v) is 7.08. The Morgan fingerprint density at radius 3 is 2.41 bits per heavy atom. The van der Waals surface area contributed by atoms with Crippen LogP contribution in [0.5, 0.6) is 0 Å². The lowest BCUT2D eigenvalue weighted by Gasteiger charge is -2.26. The first kappa shape index (κ1) is 23.0. The van der Waals surface area contributed by atoms with Gasteiger partial charge in [0, 0.05) is 4.47 Å². The van der Waals surface area contributed by atoms with E-state index < -0.39 is 36.4 Å². The number of urea groups is 1. The summed E-state index contributed by atoms with van der Waals surface area (Å²) in [6.45, 7) is 9.03. The van der Waals surface area contributed by atoms with Crippen LogP contribution in [-0.2, 0) is 20.9 Å². The van der Waals surface area contributed by atoms with E-state index in [-0.39, 0.29) is 12.5 Å². The minimum Gasteiger partial charge on any atom is -0.388 e. The van der Waals surface area contributed by atoms with Gasteiger partial charge >= 0.3 is 6.03 Å². The largest absolute Gasteiger partial charge is 0.388 e. The average molecular weight is 441 g/mol. The number of amides is 3. The molecule has 1 heterocycles. The summed E-state index contributed by atoms with van der Waals surface area (Å²) in [5.41, 5.74) is 0.937. The van der Waals surface area contributed by atoms with E-state index in [2.05, 4.69) is 34.4 Å². The Bertz CT molecular complexity index is 663. The lowest BCUT2D eigenvalue weighted by Crippen LogP contribution is -2.49. The first-order chi connectivity index (χ1) is 12.8. The maximum atomic E-state index is 12.5. The normalized spacial score (nSPS) is 17.4. The number of ether oxygens (including phenoxy) is 1. The number of nitrogens with one attached hydrogen (secondary N) is 1. The zero-order chi connectivity index (χ0) is 20.6. The number of carbonyl (C=O) groups is 3. The molecular weight excluding hydrogens is 416 g/mol. The van der Waals surface area contributed by atoms with E-state index >= 15 is 0 Å². The molecule has 2 rings (SSSR count). The first-order valence-corrected chi connectivity index (χ1v) is 9.23. The Kier molecular flexibility index (Phi) is 9.34. The van der Waals surface area contributed by atoms with E-state index in [0.29, 0.717) is 6.61 Å². The summed E-state index contributed by atoms with van der Waals surface area (Å²) >= 11 is 3.35. The van der Waals surface area contributed by atoms with Gasteiger partial charge in [-0.15, -0.1) is 13.2 Å². The Labute approximate surface area is 167 Å². The van der Waals surface area contributed by atoms with E-state index in [0.717, 1.165) is 14.9 Å². The fourth-order valence-electron chi connectivity index (χ4n) is 2.71. The number of carbonyl (C=O) groups excluding carboxylic acids is 3. The third-order valence-corrected chi connectivity index (χ3v) is 4.44. The van der Waals surface area contributed by atoms with Gasteiger partial charge in [0.15, 0.2) is 5.78 Å². The van der Waals surface area contributed by atoms with Crippen LogP contribution in [0.25, 0.3) is 0 Å². The number of aliphatic hydroxyl groups excluding tert-OH is 1. The van der Waals surface area contributed by atoms with E-state index in [1.165, 1.54) is 0 Å². The summed E-state index contributed by atoms with van der Waals surface area (Å²) in [5.74, 6) is -1.37. The Hall–Kier alpha value is -2.03. The maximum Gasteiger partial charge on any atom is 0.325 e. The highest BCUT2D eigenvalue weighted by molar-refractivity contribution is 9.10. The van der Waals surface area contributed by atoms with E-state index in [1.54, 1.807) is 13.8 Å². The number of halogens is 1. The van der Waals surface area contributed by atoms with Crippen LogP contribution >= 0.6 is 15.9 Å². The van der Waals surface area contributed by atoms with Crippen LogP contribution in [0.1, 0.15) is 19.4 Å². The molecule has 0 unspecified atom stereocenters. The third kappa shape index (κ3) is 5.98. The molecule has 27 heavy (non-hydrogen) atoms. The molecule has 8 heteroatoms. The maximum absolute atomic E-state index is 12.5. The smallest absolute Gasteiger partial charge is 0.325 e. The van der Waals surface area contributed by atoms with E-state index in [1.807, 2.05) is 24.3 Å². The molecule has 148 valence electrons. The van der Waals surface area contributed by atoms with Crippen LogP contribution in [-0.4, -0.2) is 53.0 Å². The third-order valence-electron chi connectivity index (χ3n) is 3.91. The van der Waals surface area contributed by atoms with Gasteiger partial charge in [-0.3, -0.25) is 14.5 Å². The van der Waals surface area contributed by atoms with Crippen molar-refractivity contribution in [1.82, 2.24) is 10.2 Å². The summed E-state index contributed by atoms with van der Waals surface area (Å²) in [5, 5.41) is 11.6. The van der Waals surface area contributed by atoms with Gasteiger partial charge < -0.3 is 15.2 Å². The molecule has 0 radical (unpaired) electrons. The highest BCUT2D eigenvalue weighted by atomic mass is 79.9. The van der Waals surface area contributed by atoms with Crippen molar-refractivity contribution >= 4 is 33.7 Å². The molecule has 7 nitrogen and oxygen atoms in total. The molecule has 3 amide bonds. The van der Waals surface area contributed by atoms with Crippen LogP contribution in [0.3, 0.4) is 0 Å². The zero-order valence-electron chi connectivity index (χ0n) is 15.5. The van der Waals surface area contributed by atoms with Crippen LogP contribution in [0.4, 0.5) is 4.79 Å². The van der Waals surface area contributed by atoms with Crippen LogP contribution in [0.15, 0.2) is 41.9 Å². The number of rotatable bonds is 8. The molecule has 2 N–H and O–H groups in total. The molecule has 1 aromatic carbocycles. The van der Waals surface area contributed by atoms with E-state index in [9.17, 15) is 14.4 Å². The number of benzene rings is 1.